The lowest BCUT2D eigenvalue weighted by Crippen LogP contribution is -2.23. The SMILES string of the molecule is CC#CCNC(=O)c1cc(N)cc(Cl)c1. The van der Waals surface area contributed by atoms with Gasteiger partial charge in [-0.1, -0.05) is 17.5 Å². The molecule has 0 radical (unpaired) electrons. The maximum atomic E-state index is 11.5. The molecular formula is C11H11ClN2O. The van der Waals surface area contributed by atoms with Crippen LogP contribution in [0.15, 0.2) is 18.2 Å². The van der Waals surface area contributed by atoms with Gasteiger partial charge in [0.2, 0.25) is 0 Å². The van der Waals surface area contributed by atoms with Crippen LogP contribution in [0, 0.1) is 11.8 Å². The summed E-state index contributed by atoms with van der Waals surface area (Å²) in [6.45, 7) is 2.03. The number of nitrogens with one attached hydrogen (secondary N) is 1. The van der Waals surface area contributed by atoms with E-state index in [4.69, 9.17) is 17.3 Å². The molecule has 78 valence electrons. The van der Waals surface area contributed by atoms with Crippen LogP contribution in [0.5, 0.6) is 0 Å². The standard InChI is InChI=1S/C11H11ClN2O/c1-2-3-4-14-11(15)8-5-9(12)7-10(13)6-8/h5-7H,4,13H2,1H3,(H,14,15). The minimum atomic E-state index is -0.230. The third-order valence-electron chi connectivity index (χ3n) is 1.70. The first kappa shape index (κ1) is 11.4. The van der Waals surface area contributed by atoms with Crippen LogP contribution in [0.1, 0.15) is 17.3 Å². The molecule has 0 atom stereocenters. The van der Waals surface area contributed by atoms with E-state index in [-0.39, 0.29) is 5.91 Å². The Balaban J connectivity index is 2.76. The molecule has 0 unspecified atom stereocenters. The van der Waals surface area contributed by atoms with Crippen LogP contribution >= 0.6 is 11.6 Å². The molecule has 0 fully saturated rings. The van der Waals surface area contributed by atoms with E-state index in [9.17, 15) is 4.79 Å². The fourth-order valence-electron chi connectivity index (χ4n) is 1.06. The molecule has 1 aromatic carbocycles. The van der Waals surface area contributed by atoms with Gasteiger partial charge in [-0.3, -0.25) is 4.79 Å². The Labute approximate surface area is 93.6 Å². The van der Waals surface area contributed by atoms with E-state index in [1.165, 1.54) is 0 Å². The fraction of sp³-hybridized carbons (Fsp3) is 0.182. The van der Waals surface area contributed by atoms with Crippen LogP contribution in [0.3, 0.4) is 0 Å². The smallest absolute Gasteiger partial charge is 0.252 e. The van der Waals surface area contributed by atoms with Gasteiger partial charge in [0.05, 0.1) is 6.54 Å². The monoisotopic (exact) mass is 222 g/mol. The Kier molecular flexibility index (Phi) is 4.02. The van der Waals surface area contributed by atoms with E-state index < -0.39 is 0 Å². The molecule has 0 saturated heterocycles. The summed E-state index contributed by atoms with van der Waals surface area (Å²) in [5.74, 6) is 5.18. The third kappa shape index (κ3) is 3.53. The summed E-state index contributed by atoms with van der Waals surface area (Å²) < 4.78 is 0. The van der Waals surface area contributed by atoms with Crippen molar-refractivity contribution in [2.24, 2.45) is 0 Å². The molecule has 1 aromatic rings. The van der Waals surface area contributed by atoms with E-state index in [1.807, 2.05) is 0 Å². The molecule has 1 amide bonds. The van der Waals surface area contributed by atoms with Gasteiger partial charge in [-0.05, 0) is 25.1 Å². The van der Waals surface area contributed by atoms with Crippen molar-refractivity contribution in [1.82, 2.24) is 5.32 Å². The van der Waals surface area contributed by atoms with Crippen molar-refractivity contribution in [3.8, 4) is 11.8 Å². The van der Waals surface area contributed by atoms with Crippen LogP contribution in [0.2, 0.25) is 5.02 Å². The number of carbonyl (C=O) groups excluding carboxylic acids is 1. The summed E-state index contributed by atoms with van der Waals surface area (Å²) in [5, 5.41) is 3.07. The summed E-state index contributed by atoms with van der Waals surface area (Å²) in [6.07, 6.45) is 0. The Morgan fingerprint density at radius 3 is 2.87 bits per heavy atom. The number of amides is 1. The van der Waals surface area contributed by atoms with Crippen LogP contribution in [0.4, 0.5) is 5.69 Å². The Morgan fingerprint density at radius 1 is 1.53 bits per heavy atom. The van der Waals surface area contributed by atoms with Gasteiger partial charge in [0.1, 0.15) is 0 Å². The molecule has 0 bridgehead atoms. The predicted molar refractivity (Wildman–Crippen MR) is 61.6 cm³/mol. The number of nitrogens with two attached hydrogens (primary N) is 1. The molecule has 3 nitrogen and oxygen atoms in total. The van der Waals surface area contributed by atoms with E-state index in [1.54, 1.807) is 25.1 Å². The predicted octanol–water partition coefficient (Wildman–Crippen LogP) is 1.68. The zero-order chi connectivity index (χ0) is 11.3. The second kappa shape index (κ2) is 5.28. The molecule has 3 N–H and O–H groups in total. The lowest BCUT2D eigenvalue weighted by atomic mass is 10.2. The quantitative estimate of drug-likeness (QED) is 0.591. The van der Waals surface area contributed by atoms with Crippen LogP contribution in [-0.2, 0) is 0 Å². The van der Waals surface area contributed by atoms with Gasteiger partial charge in [-0.15, -0.1) is 5.92 Å². The molecule has 0 aliphatic rings. The molecule has 15 heavy (non-hydrogen) atoms. The van der Waals surface area contributed by atoms with Gasteiger partial charge in [-0.2, -0.15) is 0 Å². The highest BCUT2D eigenvalue weighted by Gasteiger charge is 2.05. The van der Waals surface area contributed by atoms with E-state index in [0.717, 1.165) is 0 Å². The highest BCUT2D eigenvalue weighted by atomic mass is 35.5. The molecule has 0 saturated carbocycles. The number of benzene rings is 1. The molecule has 0 aliphatic heterocycles. The first-order valence-electron chi connectivity index (χ1n) is 4.37. The molecule has 0 aromatic heterocycles. The lowest BCUT2D eigenvalue weighted by molar-refractivity contribution is 0.0958. The number of hydrogen-bond donors (Lipinski definition) is 2. The van der Waals surface area contributed by atoms with E-state index in [0.29, 0.717) is 22.8 Å². The zero-order valence-electron chi connectivity index (χ0n) is 8.30. The summed E-state index contributed by atoms with van der Waals surface area (Å²) in [4.78, 5) is 11.5. The van der Waals surface area contributed by atoms with Gasteiger partial charge in [0.25, 0.3) is 5.91 Å². The number of hydrogen-bond acceptors (Lipinski definition) is 2. The number of nitrogen functional groups attached to an aromatic ring is 1. The molecule has 0 heterocycles. The summed E-state index contributed by atoms with van der Waals surface area (Å²) in [7, 11) is 0. The molecule has 0 spiro atoms. The van der Waals surface area contributed by atoms with Crippen LogP contribution in [-0.4, -0.2) is 12.5 Å². The first-order valence-corrected chi connectivity index (χ1v) is 4.75. The number of rotatable bonds is 2. The first-order chi connectivity index (χ1) is 7.13. The highest BCUT2D eigenvalue weighted by Crippen LogP contribution is 2.16. The van der Waals surface area contributed by atoms with Crippen molar-refractivity contribution in [2.75, 3.05) is 12.3 Å². The largest absolute Gasteiger partial charge is 0.399 e. The summed E-state index contributed by atoms with van der Waals surface area (Å²) >= 11 is 5.77. The van der Waals surface area contributed by atoms with Crippen molar-refractivity contribution in [3.05, 3.63) is 28.8 Å². The number of carbonyl (C=O) groups is 1. The zero-order valence-corrected chi connectivity index (χ0v) is 9.06. The molecular weight excluding hydrogens is 212 g/mol. The van der Waals surface area contributed by atoms with Gasteiger partial charge in [0.15, 0.2) is 0 Å². The minimum absolute atomic E-state index is 0.230. The van der Waals surface area contributed by atoms with Gasteiger partial charge in [0, 0.05) is 16.3 Å². The molecule has 0 aliphatic carbocycles. The fourth-order valence-corrected chi connectivity index (χ4v) is 1.30. The van der Waals surface area contributed by atoms with Gasteiger partial charge < -0.3 is 11.1 Å². The van der Waals surface area contributed by atoms with Gasteiger partial charge >= 0.3 is 0 Å². The van der Waals surface area contributed by atoms with Crippen molar-refractivity contribution >= 4 is 23.2 Å². The van der Waals surface area contributed by atoms with Crippen LogP contribution < -0.4 is 11.1 Å². The van der Waals surface area contributed by atoms with Crippen molar-refractivity contribution in [3.63, 3.8) is 0 Å². The topological polar surface area (TPSA) is 55.1 Å². The minimum Gasteiger partial charge on any atom is -0.399 e. The maximum absolute atomic E-state index is 11.5. The third-order valence-corrected chi connectivity index (χ3v) is 1.91. The number of anilines is 1. The molecule has 4 heteroatoms. The Morgan fingerprint density at radius 2 is 2.27 bits per heavy atom. The second-order valence-corrected chi connectivity index (χ2v) is 3.32. The molecule has 1 rings (SSSR count). The Hall–Kier alpha value is -1.66. The van der Waals surface area contributed by atoms with Gasteiger partial charge in [-0.25, -0.2) is 0 Å². The van der Waals surface area contributed by atoms with E-state index in [2.05, 4.69) is 17.2 Å². The van der Waals surface area contributed by atoms with Crippen molar-refractivity contribution in [2.45, 2.75) is 6.92 Å². The number of halogens is 1. The van der Waals surface area contributed by atoms with Crippen molar-refractivity contribution in [1.29, 1.82) is 0 Å². The maximum Gasteiger partial charge on any atom is 0.252 e. The highest BCUT2D eigenvalue weighted by molar-refractivity contribution is 6.31. The van der Waals surface area contributed by atoms with Crippen LogP contribution in [0.25, 0.3) is 0 Å². The van der Waals surface area contributed by atoms with Crippen molar-refractivity contribution < 1.29 is 4.79 Å². The normalized spacial score (nSPS) is 8.93. The van der Waals surface area contributed by atoms with E-state index >= 15 is 0 Å². The second-order valence-electron chi connectivity index (χ2n) is 2.88. The average molecular weight is 223 g/mol. The average Bonchev–Trinajstić information content (AvgIpc) is 2.16. The lowest BCUT2D eigenvalue weighted by Gasteiger charge is -2.03. The summed E-state index contributed by atoms with van der Waals surface area (Å²) in [6, 6.07) is 4.72. The Bertz CT molecular complexity index is 412. The summed E-state index contributed by atoms with van der Waals surface area (Å²) in [5.41, 5.74) is 6.47.